The van der Waals surface area contributed by atoms with Gasteiger partial charge in [-0.15, -0.1) is 0 Å². The number of nitrogens with zero attached hydrogens (tertiary/aromatic N) is 4. The van der Waals surface area contributed by atoms with Crippen molar-refractivity contribution in [3.05, 3.63) is 17.8 Å². The maximum Gasteiger partial charge on any atom is 0.356 e. The van der Waals surface area contributed by atoms with Crippen molar-refractivity contribution >= 4 is 30.4 Å². The van der Waals surface area contributed by atoms with Gasteiger partial charge in [0.15, 0.2) is 5.15 Å². The first-order valence-electron chi connectivity index (χ1n) is 7.52. The van der Waals surface area contributed by atoms with Crippen LogP contribution in [0, 0.1) is 0 Å². The van der Waals surface area contributed by atoms with Crippen molar-refractivity contribution in [3.8, 4) is 0 Å². The normalized spacial score (nSPS) is 12.0. The Balaban J connectivity index is 1.73. The summed E-state index contributed by atoms with van der Waals surface area (Å²) in [7, 11) is -3.16. The van der Waals surface area contributed by atoms with Crippen LogP contribution in [0.15, 0.2) is 12.7 Å². The fourth-order valence-corrected chi connectivity index (χ4v) is 3.43. The molecular weight excluding hydrogens is 359 g/mol. The molecule has 0 amide bonds. The van der Waals surface area contributed by atoms with Gasteiger partial charge in [-0.3, -0.25) is 4.57 Å². The van der Waals surface area contributed by atoms with Crippen molar-refractivity contribution in [3.63, 3.8) is 0 Å². The van der Waals surface area contributed by atoms with Gasteiger partial charge < -0.3 is 18.6 Å². The van der Waals surface area contributed by atoms with E-state index in [4.69, 9.17) is 30.2 Å². The largest absolute Gasteiger partial charge is 0.411 e. The minimum Gasteiger partial charge on any atom is -0.411 e. The van der Waals surface area contributed by atoms with Crippen LogP contribution in [0.1, 0.15) is 20.3 Å². The van der Waals surface area contributed by atoms with Gasteiger partial charge in [0, 0.05) is 6.42 Å². The summed E-state index contributed by atoms with van der Waals surface area (Å²) < 4.78 is 29.2. The Bertz CT molecular complexity index is 688. The molecule has 0 unspecified atom stereocenters. The second-order valence-corrected chi connectivity index (χ2v) is 6.93. The summed E-state index contributed by atoms with van der Waals surface area (Å²) >= 11 is 5.91. The van der Waals surface area contributed by atoms with Crippen molar-refractivity contribution in [2.24, 2.45) is 0 Å². The van der Waals surface area contributed by atoms with E-state index in [1.54, 1.807) is 13.8 Å². The van der Waals surface area contributed by atoms with Crippen LogP contribution in [-0.2, 0) is 18.3 Å². The summed E-state index contributed by atoms with van der Waals surface area (Å²) in [6, 6.07) is 0. The first-order chi connectivity index (χ1) is 11.6. The molecule has 0 saturated heterocycles. The van der Waals surface area contributed by atoms with Crippen LogP contribution in [0.2, 0.25) is 5.15 Å². The molecule has 0 fully saturated rings. The van der Waals surface area contributed by atoms with E-state index in [1.807, 2.05) is 0 Å². The molecule has 2 heterocycles. The van der Waals surface area contributed by atoms with Crippen LogP contribution in [0.4, 0.5) is 0 Å². The van der Waals surface area contributed by atoms with Crippen LogP contribution >= 0.6 is 19.2 Å². The number of hydrogen-bond acceptors (Lipinski definition) is 8. The number of aromatic nitrogens is 4. The molecule has 0 spiro atoms. The van der Waals surface area contributed by atoms with Gasteiger partial charge >= 0.3 is 7.60 Å². The highest BCUT2D eigenvalue weighted by Crippen LogP contribution is 2.47. The molecule has 2 aromatic rings. The van der Waals surface area contributed by atoms with Crippen molar-refractivity contribution in [2.45, 2.75) is 20.3 Å². The Kier molecular flexibility index (Phi) is 7.39. The number of hydrogen-bond donors (Lipinski definition) is 0. The summed E-state index contributed by atoms with van der Waals surface area (Å²) in [5.74, 6) is 0. The quantitative estimate of drug-likeness (QED) is 0.334. The fraction of sp³-hybridized carbons (Fsp3) is 0.615. The Labute approximate surface area is 144 Å². The molecular formula is C13H20ClN4O5P. The lowest BCUT2D eigenvalue weighted by Gasteiger charge is -2.16. The molecule has 134 valence electrons. The molecule has 0 aliphatic heterocycles. The standard InChI is InChI=1S/C13H20ClN4O5P/c1-3-22-24(19,23-4-2)10-20-6-5-7-21-18-9-17-11-12(14)15-8-16-13(11)18/h8-9H,3-7,10H2,1-2H3. The van der Waals surface area contributed by atoms with E-state index in [1.165, 1.54) is 17.4 Å². The summed E-state index contributed by atoms with van der Waals surface area (Å²) in [5, 5.41) is 0.272. The Morgan fingerprint density at radius 2 is 1.92 bits per heavy atom. The zero-order chi connectivity index (χ0) is 17.4. The SMILES string of the molecule is CCOP(=O)(COCCCOn1cnc2c(Cl)ncnc21)OCC. The highest BCUT2D eigenvalue weighted by molar-refractivity contribution is 7.53. The van der Waals surface area contributed by atoms with Crippen LogP contribution in [0.3, 0.4) is 0 Å². The average Bonchev–Trinajstić information content (AvgIpc) is 2.96. The Morgan fingerprint density at radius 1 is 1.17 bits per heavy atom. The molecule has 0 saturated carbocycles. The van der Waals surface area contributed by atoms with Crippen molar-refractivity contribution < 1.29 is 23.2 Å². The molecule has 0 aliphatic carbocycles. The van der Waals surface area contributed by atoms with E-state index in [-0.39, 0.29) is 11.5 Å². The van der Waals surface area contributed by atoms with Gasteiger partial charge in [-0.2, -0.15) is 4.73 Å². The maximum absolute atomic E-state index is 12.2. The van der Waals surface area contributed by atoms with Crippen LogP contribution in [0.25, 0.3) is 11.2 Å². The second-order valence-electron chi connectivity index (χ2n) is 4.58. The minimum atomic E-state index is -3.16. The van der Waals surface area contributed by atoms with E-state index in [0.29, 0.717) is 44.0 Å². The third-order valence-electron chi connectivity index (χ3n) is 2.82. The first-order valence-corrected chi connectivity index (χ1v) is 9.63. The fourth-order valence-electron chi connectivity index (χ4n) is 1.89. The van der Waals surface area contributed by atoms with E-state index < -0.39 is 7.60 Å². The van der Waals surface area contributed by atoms with Crippen molar-refractivity contribution in [1.82, 2.24) is 19.7 Å². The molecule has 0 aromatic carbocycles. The van der Waals surface area contributed by atoms with E-state index in [9.17, 15) is 4.57 Å². The number of ether oxygens (including phenoxy) is 1. The lowest BCUT2D eigenvalue weighted by molar-refractivity contribution is 0.0802. The lowest BCUT2D eigenvalue weighted by Crippen LogP contribution is -2.14. The van der Waals surface area contributed by atoms with Gasteiger partial charge in [-0.05, 0) is 13.8 Å². The Hall–Kier alpha value is -1.25. The monoisotopic (exact) mass is 378 g/mol. The average molecular weight is 379 g/mol. The predicted octanol–water partition coefficient (Wildman–Crippen LogP) is 2.54. The maximum atomic E-state index is 12.2. The second kappa shape index (κ2) is 9.29. The minimum absolute atomic E-state index is 0.0779. The molecule has 24 heavy (non-hydrogen) atoms. The molecule has 9 nitrogen and oxygen atoms in total. The molecule has 2 aromatic heterocycles. The molecule has 0 radical (unpaired) electrons. The highest BCUT2D eigenvalue weighted by Gasteiger charge is 2.23. The van der Waals surface area contributed by atoms with Crippen LogP contribution in [-0.4, -0.2) is 52.5 Å². The number of imidazole rings is 1. The molecule has 2 rings (SSSR count). The molecule has 0 bridgehead atoms. The van der Waals surface area contributed by atoms with Gasteiger partial charge in [0.2, 0.25) is 5.65 Å². The van der Waals surface area contributed by atoms with Crippen molar-refractivity contribution in [2.75, 3.05) is 32.8 Å². The number of rotatable bonds is 11. The topological polar surface area (TPSA) is 97.6 Å². The highest BCUT2D eigenvalue weighted by atomic mass is 35.5. The first kappa shape index (κ1) is 19.1. The zero-order valence-corrected chi connectivity index (χ0v) is 15.2. The summed E-state index contributed by atoms with van der Waals surface area (Å²) in [5.41, 5.74) is 0.970. The van der Waals surface area contributed by atoms with E-state index in [2.05, 4.69) is 15.0 Å². The molecule has 0 atom stereocenters. The Morgan fingerprint density at radius 3 is 2.62 bits per heavy atom. The summed E-state index contributed by atoms with van der Waals surface area (Å²) in [6.07, 6.45) is 3.32. The number of halogens is 1. The third kappa shape index (κ3) is 5.12. The van der Waals surface area contributed by atoms with Gasteiger partial charge in [0.1, 0.15) is 31.1 Å². The number of fused-ring (bicyclic) bond motifs is 1. The lowest BCUT2D eigenvalue weighted by atomic mass is 10.5. The summed E-state index contributed by atoms with van der Waals surface area (Å²) in [6.45, 7) is 4.84. The predicted molar refractivity (Wildman–Crippen MR) is 88.1 cm³/mol. The van der Waals surface area contributed by atoms with E-state index in [0.717, 1.165) is 0 Å². The summed E-state index contributed by atoms with van der Waals surface area (Å²) in [4.78, 5) is 17.5. The van der Waals surface area contributed by atoms with Crippen LogP contribution in [0.5, 0.6) is 0 Å². The van der Waals surface area contributed by atoms with E-state index >= 15 is 0 Å². The molecule has 11 heteroatoms. The van der Waals surface area contributed by atoms with Crippen LogP contribution < -0.4 is 4.84 Å². The molecule has 0 N–H and O–H groups in total. The molecule has 0 aliphatic rings. The smallest absolute Gasteiger partial charge is 0.356 e. The van der Waals surface area contributed by atoms with Gasteiger partial charge in [0.05, 0.1) is 19.8 Å². The third-order valence-corrected chi connectivity index (χ3v) is 4.90. The van der Waals surface area contributed by atoms with Crippen molar-refractivity contribution in [1.29, 1.82) is 0 Å². The van der Waals surface area contributed by atoms with Gasteiger partial charge in [-0.25, -0.2) is 15.0 Å². The van der Waals surface area contributed by atoms with Gasteiger partial charge in [0.25, 0.3) is 0 Å². The van der Waals surface area contributed by atoms with Gasteiger partial charge in [-0.1, -0.05) is 11.6 Å². The zero-order valence-electron chi connectivity index (χ0n) is 13.6.